The van der Waals surface area contributed by atoms with Crippen LogP contribution in [0.15, 0.2) is 36.5 Å². The zero-order valence-corrected chi connectivity index (χ0v) is 52.7. The predicted molar refractivity (Wildman–Crippen MR) is 339 cm³/mol. The van der Waals surface area contributed by atoms with Crippen LogP contribution in [0, 0.1) is 0 Å². The standard InChI is InChI=1S/C72H134O6/c1-4-7-10-13-16-19-22-24-26-28-29-30-31-32-33-34-35-36-37-38-39-40-41-42-43-44-46-47-50-53-56-59-62-65-71(74)77-68-69(67-76-70(73)64-61-58-55-52-49-21-18-15-12-9-6-3)78-72(75)66-63-60-57-54-51-48-45-27-25-23-20-17-14-11-8-5-2/h15,18,22,24,28-29,69H,4-14,16-17,19-21,23,25-27,30-68H2,1-3H3/b18-15-,24-22-,29-28-. The van der Waals surface area contributed by atoms with Gasteiger partial charge in [-0.25, -0.2) is 0 Å². The highest BCUT2D eigenvalue weighted by Gasteiger charge is 2.19. The molecule has 0 heterocycles. The van der Waals surface area contributed by atoms with Gasteiger partial charge in [-0.15, -0.1) is 0 Å². The Morgan fingerprint density at radius 2 is 0.474 bits per heavy atom. The molecule has 0 spiro atoms. The Bertz CT molecular complexity index is 1300. The first kappa shape index (κ1) is 75.6. The van der Waals surface area contributed by atoms with Gasteiger partial charge in [-0.1, -0.05) is 333 Å². The summed E-state index contributed by atoms with van der Waals surface area (Å²) in [7, 11) is 0. The van der Waals surface area contributed by atoms with E-state index in [2.05, 4.69) is 57.2 Å². The third-order valence-corrected chi connectivity index (χ3v) is 15.9. The third kappa shape index (κ3) is 64.5. The minimum absolute atomic E-state index is 0.0685. The van der Waals surface area contributed by atoms with Crippen LogP contribution in [0.25, 0.3) is 0 Å². The highest BCUT2D eigenvalue weighted by atomic mass is 16.6. The number of allylic oxidation sites excluding steroid dienone is 6. The van der Waals surface area contributed by atoms with E-state index in [0.717, 1.165) is 70.6 Å². The van der Waals surface area contributed by atoms with Crippen LogP contribution in [0.3, 0.4) is 0 Å². The van der Waals surface area contributed by atoms with Gasteiger partial charge in [0, 0.05) is 19.3 Å². The molecule has 1 unspecified atom stereocenters. The van der Waals surface area contributed by atoms with Crippen molar-refractivity contribution in [1.29, 1.82) is 0 Å². The lowest BCUT2D eigenvalue weighted by Crippen LogP contribution is -2.30. The van der Waals surface area contributed by atoms with Gasteiger partial charge in [0.25, 0.3) is 0 Å². The molecule has 0 aliphatic carbocycles. The van der Waals surface area contributed by atoms with Crippen LogP contribution >= 0.6 is 0 Å². The second kappa shape index (κ2) is 67.1. The minimum Gasteiger partial charge on any atom is -0.462 e. The topological polar surface area (TPSA) is 78.9 Å². The average Bonchev–Trinajstić information content (AvgIpc) is 3.44. The van der Waals surface area contributed by atoms with E-state index in [1.165, 1.54) is 276 Å². The Morgan fingerprint density at radius 3 is 0.756 bits per heavy atom. The fraction of sp³-hybridized carbons (Fsp3) is 0.875. The quantitative estimate of drug-likeness (QED) is 0.0261. The molecule has 0 aromatic rings. The van der Waals surface area contributed by atoms with E-state index in [4.69, 9.17) is 14.2 Å². The number of ether oxygens (including phenoxy) is 3. The van der Waals surface area contributed by atoms with E-state index in [9.17, 15) is 14.4 Å². The monoisotopic (exact) mass is 1100 g/mol. The van der Waals surface area contributed by atoms with Gasteiger partial charge < -0.3 is 14.2 Å². The molecular weight excluding hydrogens is 961 g/mol. The van der Waals surface area contributed by atoms with Gasteiger partial charge in [0.05, 0.1) is 0 Å². The summed E-state index contributed by atoms with van der Waals surface area (Å²) in [5, 5.41) is 0. The molecule has 0 aliphatic rings. The molecule has 0 aliphatic heterocycles. The number of hydrogen-bond acceptors (Lipinski definition) is 6. The molecule has 1 atom stereocenters. The summed E-state index contributed by atoms with van der Waals surface area (Å²) >= 11 is 0. The molecule has 0 radical (unpaired) electrons. The summed E-state index contributed by atoms with van der Waals surface area (Å²) in [5.74, 6) is -0.852. The van der Waals surface area contributed by atoms with Crippen molar-refractivity contribution in [3.8, 4) is 0 Å². The molecule has 0 aromatic heterocycles. The second-order valence-electron chi connectivity index (χ2n) is 23.8. The molecule has 78 heavy (non-hydrogen) atoms. The van der Waals surface area contributed by atoms with E-state index >= 15 is 0 Å². The summed E-state index contributed by atoms with van der Waals surface area (Å²) < 4.78 is 16.9. The van der Waals surface area contributed by atoms with Crippen LogP contribution in [-0.2, 0) is 28.6 Å². The number of hydrogen-bond donors (Lipinski definition) is 0. The van der Waals surface area contributed by atoms with Crippen molar-refractivity contribution in [3.63, 3.8) is 0 Å². The van der Waals surface area contributed by atoms with Gasteiger partial charge in [0.15, 0.2) is 6.10 Å². The van der Waals surface area contributed by atoms with E-state index in [1.807, 2.05) is 0 Å². The van der Waals surface area contributed by atoms with E-state index < -0.39 is 6.10 Å². The largest absolute Gasteiger partial charge is 0.462 e. The normalized spacial score (nSPS) is 12.2. The van der Waals surface area contributed by atoms with Crippen molar-refractivity contribution in [2.45, 2.75) is 393 Å². The zero-order valence-electron chi connectivity index (χ0n) is 52.7. The average molecular weight is 1100 g/mol. The molecule has 0 bridgehead atoms. The molecule has 0 N–H and O–H groups in total. The van der Waals surface area contributed by atoms with Crippen LogP contribution in [0.5, 0.6) is 0 Å². The van der Waals surface area contributed by atoms with Crippen LogP contribution < -0.4 is 0 Å². The third-order valence-electron chi connectivity index (χ3n) is 15.9. The Morgan fingerprint density at radius 1 is 0.256 bits per heavy atom. The van der Waals surface area contributed by atoms with Crippen LogP contribution in [0.1, 0.15) is 387 Å². The summed E-state index contributed by atoms with van der Waals surface area (Å²) in [4.78, 5) is 38.3. The summed E-state index contributed by atoms with van der Waals surface area (Å²) in [6.45, 7) is 6.65. The van der Waals surface area contributed by atoms with Gasteiger partial charge in [0.1, 0.15) is 13.2 Å². The maximum atomic E-state index is 12.9. The van der Waals surface area contributed by atoms with Gasteiger partial charge in [-0.05, 0) is 70.6 Å². The molecule has 6 nitrogen and oxygen atoms in total. The van der Waals surface area contributed by atoms with E-state index in [-0.39, 0.29) is 31.1 Å². The summed E-state index contributed by atoms with van der Waals surface area (Å²) in [5.41, 5.74) is 0. The fourth-order valence-electron chi connectivity index (χ4n) is 10.6. The SMILES string of the molecule is CCCC/C=C\CCCCCCCC(=O)OCC(COC(=O)CCCCCCCCCCCCCCCCCCCCCCC/C=C\C/C=C\CCCCCCC)OC(=O)CCCCCCCCCCCCCCCCCC. The van der Waals surface area contributed by atoms with Crippen molar-refractivity contribution >= 4 is 17.9 Å². The maximum absolute atomic E-state index is 12.9. The van der Waals surface area contributed by atoms with E-state index in [0.29, 0.717) is 19.3 Å². The molecule has 0 fully saturated rings. The highest BCUT2D eigenvalue weighted by molar-refractivity contribution is 5.71. The number of unbranched alkanes of at least 4 members (excludes halogenated alkanes) is 48. The number of carbonyl (C=O) groups excluding carboxylic acids is 3. The maximum Gasteiger partial charge on any atom is 0.306 e. The number of esters is 3. The van der Waals surface area contributed by atoms with Gasteiger partial charge in [0.2, 0.25) is 0 Å². The minimum atomic E-state index is -0.771. The van der Waals surface area contributed by atoms with Crippen LogP contribution in [0.2, 0.25) is 0 Å². The molecule has 0 saturated carbocycles. The predicted octanol–water partition coefficient (Wildman–Crippen LogP) is 23.9. The van der Waals surface area contributed by atoms with Crippen molar-refractivity contribution in [1.82, 2.24) is 0 Å². The van der Waals surface area contributed by atoms with E-state index in [1.54, 1.807) is 0 Å². The molecule has 0 amide bonds. The molecule has 0 aromatic carbocycles. The first-order chi connectivity index (χ1) is 38.5. The lowest BCUT2D eigenvalue weighted by molar-refractivity contribution is -0.167. The van der Waals surface area contributed by atoms with Gasteiger partial charge in [-0.3, -0.25) is 14.4 Å². The lowest BCUT2D eigenvalue weighted by Gasteiger charge is -2.18. The molecule has 458 valence electrons. The summed E-state index contributed by atoms with van der Waals surface area (Å²) in [6, 6.07) is 0. The summed E-state index contributed by atoms with van der Waals surface area (Å²) in [6.07, 6.45) is 83.3. The van der Waals surface area contributed by atoms with Gasteiger partial charge in [-0.2, -0.15) is 0 Å². The smallest absolute Gasteiger partial charge is 0.306 e. The molecule has 0 rings (SSSR count). The Hall–Kier alpha value is -2.37. The molecule has 0 saturated heterocycles. The molecular formula is C72H134O6. The van der Waals surface area contributed by atoms with Crippen molar-refractivity contribution in [2.75, 3.05) is 13.2 Å². The Labute approximate surface area is 486 Å². The fourth-order valence-corrected chi connectivity index (χ4v) is 10.6. The lowest BCUT2D eigenvalue weighted by atomic mass is 10.0. The van der Waals surface area contributed by atoms with Crippen molar-refractivity contribution < 1.29 is 28.6 Å². The highest BCUT2D eigenvalue weighted by Crippen LogP contribution is 2.18. The number of rotatable bonds is 65. The van der Waals surface area contributed by atoms with Crippen molar-refractivity contribution in [2.24, 2.45) is 0 Å². The first-order valence-corrected chi connectivity index (χ1v) is 35.0. The van der Waals surface area contributed by atoms with Crippen LogP contribution in [0.4, 0.5) is 0 Å². The van der Waals surface area contributed by atoms with Crippen molar-refractivity contribution in [3.05, 3.63) is 36.5 Å². The number of carbonyl (C=O) groups is 3. The Kier molecular flexibility index (Phi) is 65.1. The molecule has 6 heteroatoms. The first-order valence-electron chi connectivity index (χ1n) is 35.0. The zero-order chi connectivity index (χ0) is 56.4. The van der Waals surface area contributed by atoms with Gasteiger partial charge >= 0.3 is 17.9 Å². The second-order valence-corrected chi connectivity index (χ2v) is 23.8. The van der Waals surface area contributed by atoms with Crippen LogP contribution in [-0.4, -0.2) is 37.2 Å². The Balaban J connectivity index is 4.05.